The van der Waals surface area contributed by atoms with Crippen LogP contribution < -0.4 is 5.32 Å². The lowest BCUT2D eigenvalue weighted by molar-refractivity contribution is -0.387. The van der Waals surface area contributed by atoms with Gasteiger partial charge in [-0.3, -0.25) is 19.7 Å². The first-order chi connectivity index (χ1) is 14.8. The fraction of sp³-hybridized carbons (Fsp3) is 0.190. The van der Waals surface area contributed by atoms with Crippen LogP contribution in [0.5, 0.6) is 0 Å². The van der Waals surface area contributed by atoms with Crippen LogP contribution in [0.3, 0.4) is 0 Å². The molecule has 0 spiro atoms. The van der Waals surface area contributed by atoms with E-state index < -0.39 is 4.92 Å². The summed E-state index contributed by atoms with van der Waals surface area (Å²) in [6.45, 7) is 2.16. The fourth-order valence-electron chi connectivity index (χ4n) is 2.82. The average molecular weight is 457 g/mol. The van der Waals surface area contributed by atoms with Crippen LogP contribution >= 0.6 is 23.1 Å². The Morgan fingerprint density at radius 2 is 1.87 bits per heavy atom. The van der Waals surface area contributed by atoms with Crippen LogP contribution in [0.15, 0.2) is 57.1 Å². The lowest BCUT2D eigenvalue weighted by atomic mass is 10.1. The molecule has 2 aromatic carbocycles. The van der Waals surface area contributed by atoms with Gasteiger partial charge in [0.25, 0.3) is 17.5 Å². The molecule has 0 aliphatic heterocycles. The number of aryl methyl sites for hydroxylation is 1. The van der Waals surface area contributed by atoms with Gasteiger partial charge in [-0.15, -0.1) is 11.3 Å². The minimum Gasteiger partial charge on any atom is -0.355 e. The van der Waals surface area contributed by atoms with Crippen LogP contribution in [0.2, 0.25) is 0 Å². The van der Waals surface area contributed by atoms with Crippen LogP contribution in [0, 0.1) is 17.0 Å². The molecule has 1 N–H and O–H groups in total. The standard InChI is InChI=1S/C21H20N4O4S2/c1-13-12-30-21(23-13)31-18-9-8-16(10-17(18)25(28)29)20(27)24(3)11-14-4-6-15(7-5-14)19(26)22-2/h4-10,12H,11H2,1-3H3,(H,22,26). The minimum atomic E-state index is -0.489. The van der Waals surface area contributed by atoms with Crippen LogP contribution in [0.1, 0.15) is 32.0 Å². The molecule has 0 atom stereocenters. The van der Waals surface area contributed by atoms with E-state index in [1.807, 2.05) is 12.3 Å². The minimum absolute atomic E-state index is 0.132. The zero-order valence-corrected chi connectivity index (χ0v) is 18.8. The van der Waals surface area contributed by atoms with Gasteiger partial charge in [-0.2, -0.15) is 0 Å². The van der Waals surface area contributed by atoms with Gasteiger partial charge in [0.15, 0.2) is 4.34 Å². The maximum atomic E-state index is 12.8. The first kappa shape index (κ1) is 22.4. The molecule has 31 heavy (non-hydrogen) atoms. The quantitative estimate of drug-likeness (QED) is 0.423. The van der Waals surface area contributed by atoms with Crippen LogP contribution in [0.4, 0.5) is 5.69 Å². The van der Waals surface area contributed by atoms with Gasteiger partial charge >= 0.3 is 0 Å². The highest BCUT2D eigenvalue weighted by Crippen LogP contribution is 2.37. The van der Waals surface area contributed by atoms with Crippen molar-refractivity contribution in [3.63, 3.8) is 0 Å². The van der Waals surface area contributed by atoms with E-state index in [-0.39, 0.29) is 23.1 Å². The van der Waals surface area contributed by atoms with E-state index in [1.54, 1.807) is 50.5 Å². The second-order valence-electron chi connectivity index (χ2n) is 6.73. The molecular formula is C21H20N4O4S2. The Bertz CT molecular complexity index is 1130. The van der Waals surface area contributed by atoms with Gasteiger partial charge in [0, 0.05) is 48.9 Å². The Morgan fingerprint density at radius 3 is 2.45 bits per heavy atom. The number of hydrogen-bond acceptors (Lipinski definition) is 7. The number of nitro benzene ring substituents is 1. The van der Waals surface area contributed by atoms with Crippen molar-refractivity contribution in [2.45, 2.75) is 22.7 Å². The SMILES string of the molecule is CNC(=O)c1ccc(CN(C)C(=O)c2ccc(Sc3nc(C)cs3)c([N+](=O)[O-])c2)cc1. The Balaban J connectivity index is 1.76. The van der Waals surface area contributed by atoms with E-state index in [0.717, 1.165) is 11.3 Å². The number of carbonyl (C=O) groups excluding carboxylic acids is 2. The van der Waals surface area contributed by atoms with Crippen LogP contribution in [-0.2, 0) is 6.54 Å². The lowest BCUT2D eigenvalue weighted by Gasteiger charge is -2.18. The molecule has 10 heteroatoms. The highest BCUT2D eigenvalue weighted by molar-refractivity contribution is 8.01. The predicted molar refractivity (Wildman–Crippen MR) is 120 cm³/mol. The first-order valence-electron chi connectivity index (χ1n) is 9.23. The summed E-state index contributed by atoms with van der Waals surface area (Å²) in [5, 5.41) is 16.0. The number of nitrogens with one attached hydrogen (secondary N) is 1. The smallest absolute Gasteiger partial charge is 0.284 e. The van der Waals surface area contributed by atoms with E-state index >= 15 is 0 Å². The van der Waals surface area contributed by atoms with E-state index in [9.17, 15) is 19.7 Å². The monoisotopic (exact) mass is 456 g/mol. The molecule has 1 heterocycles. The van der Waals surface area contributed by atoms with Gasteiger partial charge in [0.2, 0.25) is 0 Å². The third-order valence-corrected chi connectivity index (χ3v) is 6.53. The van der Waals surface area contributed by atoms with Gasteiger partial charge in [-0.05, 0) is 36.8 Å². The van der Waals surface area contributed by atoms with Crippen molar-refractivity contribution in [2.75, 3.05) is 14.1 Å². The molecule has 3 aromatic rings. The molecule has 8 nitrogen and oxygen atoms in total. The van der Waals surface area contributed by atoms with Crippen molar-refractivity contribution in [1.82, 2.24) is 15.2 Å². The molecule has 0 radical (unpaired) electrons. The largest absolute Gasteiger partial charge is 0.355 e. The van der Waals surface area contributed by atoms with Crippen LogP contribution in [0.25, 0.3) is 0 Å². The highest BCUT2D eigenvalue weighted by atomic mass is 32.2. The molecule has 160 valence electrons. The Kier molecular flexibility index (Phi) is 7.03. The van der Waals surface area contributed by atoms with Crippen molar-refractivity contribution in [3.8, 4) is 0 Å². The Morgan fingerprint density at radius 1 is 1.19 bits per heavy atom. The second kappa shape index (κ2) is 9.71. The number of hydrogen-bond donors (Lipinski definition) is 1. The highest BCUT2D eigenvalue weighted by Gasteiger charge is 2.21. The molecule has 3 rings (SSSR count). The summed E-state index contributed by atoms with van der Waals surface area (Å²) in [6, 6.07) is 11.4. The lowest BCUT2D eigenvalue weighted by Crippen LogP contribution is -2.26. The number of nitrogens with zero attached hydrogens (tertiary/aromatic N) is 3. The predicted octanol–water partition coefficient (Wildman–Crippen LogP) is 4.14. The number of rotatable bonds is 7. The number of benzene rings is 2. The zero-order valence-electron chi connectivity index (χ0n) is 17.1. The van der Waals surface area contributed by atoms with Crippen molar-refractivity contribution < 1.29 is 14.5 Å². The van der Waals surface area contributed by atoms with Crippen molar-refractivity contribution in [3.05, 3.63) is 80.3 Å². The van der Waals surface area contributed by atoms with Gasteiger partial charge < -0.3 is 10.2 Å². The zero-order chi connectivity index (χ0) is 22.5. The molecular weight excluding hydrogens is 436 g/mol. The fourth-order valence-corrected chi connectivity index (χ4v) is 4.70. The number of aromatic nitrogens is 1. The van der Waals surface area contributed by atoms with Gasteiger partial charge in [0.05, 0.1) is 9.82 Å². The van der Waals surface area contributed by atoms with Gasteiger partial charge in [-0.1, -0.05) is 23.9 Å². The molecule has 0 aliphatic carbocycles. The molecule has 0 fully saturated rings. The number of nitro groups is 1. The maximum absolute atomic E-state index is 12.8. The summed E-state index contributed by atoms with van der Waals surface area (Å²) >= 11 is 2.62. The summed E-state index contributed by atoms with van der Waals surface area (Å²) in [5.41, 5.74) is 2.32. The van der Waals surface area contributed by atoms with Gasteiger partial charge in [0.1, 0.15) is 0 Å². The van der Waals surface area contributed by atoms with Crippen molar-refractivity contribution in [2.24, 2.45) is 0 Å². The maximum Gasteiger partial charge on any atom is 0.284 e. The number of amides is 2. The first-order valence-corrected chi connectivity index (χ1v) is 10.9. The molecule has 1 aromatic heterocycles. The third-order valence-electron chi connectivity index (χ3n) is 4.41. The second-order valence-corrected chi connectivity index (χ2v) is 8.88. The van der Waals surface area contributed by atoms with Crippen molar-refractivity contribution >= 4 is 40.6 Å². The molecule has 0 bridgehead atoms. The number of thiazole rings is 1. The molecule has 0 unspecified atom stereocenters. The topological polar surface area (TPSA) is 105 Å². The molecule has 0 aliphatic rings. The van der Waals surface area contributed by atoms with Gasteiger partial charge in [-0.25, -0.2) is 4.98 Å². The Hall–Kier alpha value is -3.24. The molecule has 0 saturated carbocycles. The van der Waals surface area contributed by atoms with E-state index in [4.69, 9.17) is 0 Å². The van der Waals surface area contributed by atoms with Crippen molar-refractivity contribution in [1.29, 1.82) is 0 Å². The number of carbonyl (C=O) groups is 2. The van der Waals surface area contributed by atoms with E-state index in [2.05, 4.69) is 10.3 Å². The molecule has 2 amide bonds. The Labute approximate surface area is 187 Å². The average Bonchev–Trinajstić information content (AvgIpc) is 3.17. The normalized spacial score (nSPS) is 10.5. The summed E-state index contributed by atoms with van der Waals surface area (Å²) in [7, 11) is 3.19. The molecule has 0 saturated heterocycles. The van der Waals surface area contributed by atoms with E-state index in [0.29, 0.717) is 21.3 Å². The van der Waals surface area contributed by atoms with E-state index in [1.165, 1.54) is 34.1 Å². The summed E-state index contributed by atoms with van der Waals surface area (Å²) in [5.74, 6) is -0.519. The van der Waals surface area contributed by atoms with Crippen LogP contribution in [-0.4, -0.2) is 40.7 Å². The summed E-state index contributed by atoms with van der Waals surface area (Å²) in [4.78, 5) is 41.8. The summed E-state index contributed by atoms with van der Waals surface area (Å²) < 4.78 is 0.706. The summed E-state index contributed by atoms with van der Waals surface area (Å²) in [6.07, 6.45) is 0. The third kappa shape index (κ3) is 5.47.